The Morgan fingerprint density at radius 1 is 0.972 bits per heavy atom. The summed E-state index contributed by atoms with van der Waals surface area (Å²) in [7, 11) is -3.59. The first kappa shape index (κ1) is 25.9. The predicted octanol–water partition coefficient (Wildman–Crippen LogP) is 4.90. The summed E-state index contributed by atoms with van der Waals surface area (Å²) in [4.78, 5) is 15.9. The first-order valence-electron chi connectivity index (χ1n) is 11.8. The minimum Gasteiger partial charge on any atom is -0.480 e. The average molecular weight is 524 g/mol. The van der Waals surface area contributed by atoms with E-state index in [1.807, 2.05) is 84.9 Å². The second-order valence-corrected chi connectivity index (χ2v) is 11.4. The lowest BCUT2D eigenvalue weighted by Crippen LogP contribution is -2.30. The molecule has 0 spiro atoms. The largest absolute Gasteiger partial charge is 0.480 e. The summed E-state index contributed by atoms with van der Waals surface area (Å²) in [5, 5.41) is 9.27. The van der Waals surface area contributed by atoms with E-state index in [4.69, 9.17) is 0 Å². The molecule has 0 fully saturated rings. The molecule has 1 unspecified atom stereocenters. The monoisotopic (exact) mass is 523 g/mol. The van der Waals surface area contributed by atoms with E-state index in [1.165, 1.54) is 11.8 Å². The molecule has 36 heavy (non-hydrogen) atoms. The van der Waals surface area contributed by atoms with Crippen molar-refractivity contribution in [3.05, 3.63) is 96.1 Å². The zero-order valence-electron chi connectivity index (χ0n) is 19.8. The number of nitrogens with zero attached hydrogens (tertiary/aromatic N) is 2. The highest BCUT2D eigenvalue weighted by atomic mass is 32.2. The van der Waals surface area contributed by atoms with E-state index < -0.39 is 21.2 Å². The second kappa shape index (κ2) is 12.2. The Morgan fingerprint density at radius 3 is 2.36 bits per heavy atom. The van der Waals surface area contributed by atoms with Crippen LogP contribution in [0, 0.1) is 0 Å². The lowest BCUT2D eigenvalue weighted by molar-refractivity contribution is -0.137. The number of thioether (sulfide) groups is 1. The van der Waals surface area contributed by atoms with Crippen molar-refractivity contribution in [2.75, 3.05) is 12.3 Å². The summed E-state index contributed by atoms with van der Waals surface area (Å²) in [5.74, 6) is -0.332. The first-order valence-corrected chi connectivity index (χ1v) is 14.3. The number of fused-ring (bicyclic) bond motifs is 1. The summed E-state index contributed by atoms with van der Waals surface area (Å²) >= 11 is 1.43. The summed E-state index contributed by atoms with van der Waals surface area (Å²) in [6.07, 6.45) is 1.73. The van der Waals surface area contributed by atoms with Crippen molar-refractivity contribution in [3.8, 4) is 0 Å². The molecule has 0 aliphatic carbocycles. The SMILES string of the molecule is O=C(O)Cn1c(SCCCNS(=O)(=O)C(CCc2ccccc2)c2ccccc2)nc2ccccc21. The Balaban J connectivity index is 1.37. The molecular weight excluding hydrogens is 494 g/mol. The number of aliphatic carboxylic acids is 1. The van der Waals surface area contributed by atoms with Crippen molar-refractivity contribution < 1.29 is 18.3 Å². The maximum absolute atomic E-state index is 13.3. The van der Waals surface area contributed by atoms with Crippen LogP contribution in [0.2, 0.25) is 0 Å². The molecule has 1 atom stereocenters. The molecule has 4 rings (SSSR count). The van der Waals surface area contributed by atoms with Crippen LogP contribution in [-0.2, 0) is 27.8 Å². The summed E-state index contributed by atoms with van der Waals surface area (Å²) < 4.78 is 31.0. The van der Waals surface area contributed by atoms with Gasteiger partial charge in [-0.25, -0.2) is 18.1 Å². The molecule has 9 heteroatoms. The van der Waals surface area contributed by atoms with E-state index in [1.54, 1.807) is 4.57 Å². The van der Waals surface area contributed by atoms with Crippen molar-refractivity contribution in [1.82, 2.24) is 14.3 Å². The molecule has 0 radical (unpaired) electrons. The Morgan fingerprint density at radius 2 is 1.64 bits per heavy atom. The molecule has 1 heterocycles. The van der Waals surface area contributed by atoms with E-state index in [0.717, 1.165) is 22.2 Å². The molecule has 0 saturated heterocycles. The van der Waals surface area contributed by atoms with Gasteiger partial charge in [0, 0.05) is 12.3 Å². The Kier molecular flexibility index (Phi) is 8.79. The number of hydrogen-bond acceptors (Lipinski definition) is 5. The number of para-hydroxylation sites is 2. The van der Waals surface area contributed by atoms with E-state index in [2.05, 4.69) is 9.71 Å². The topological polar surface area (TPSA) is 101 Å². The smallest absolute Gasteiger partial charge is 0.323 e. The minimum absolute atomic E-state index is 0.171. The predicted molar refractivity (Wildman–Crippen MR) is 144 cm³/mol. The summed E-state index contributed by atoms with van der Waals surface area (Å²) in [6.45, 7) is 0.124. The number of rotatable bonds is 13. The van der Waals surface area contributed by atoms with Crippen LogP contribution < -0.4 is 4.72 Å². The average Bonchev–Trinajstić information content (AvgIpc) is 3.21. The van der Waals surface area contributed by atoms with Gasteiger partial charge < -0.3 is 9.67 Å². The van der Waals surface area contributed by atoms with Gasteiger partial charge in [-0.2, -0.15) is 0 Å². The van der Waals surface area contributed by atoms with Gasteiger partial charge in [0.25, 0.3) is 0 Å². The highest BCUT2D eigenvalue weighted by molar-refractivity contribution is 7.99. The third kappa shape index (κ3) is 6.75. The van der Waals surface area contributed by atoms with Gasteiger partial charge in [0.2, 0.25) is 10.0 Å². The van der Waals surface area contributed by atoms with Crippen LogP contribution in [0.5, 0.6) is 0 Å². The van der Waals surface area contributed by atoms with E-state index >= 15 is 0 Å². The van der Waals surface area contributed by atoms with Gasteiger partial charge >= 0.3 is 5.97 Å². The number of sulfonamides is 1. The number of carboxylic acids is 1. The molecule has 0 aliphatic heterocycles. The molecule has 0 amide bonds. The fourth-order valence-electron chi connectivity index (χ4n) is 4.11. The van der Waals surface area contributed by atoms with Crippen LogP contribution in [-0.4, -0.2) is 41.3 Å². The highest BCUT2D eigenvalue weighted by Crippen LogP contribution is 2.28. The number of carbonyl (C=O) groups is 1. The number of carboxylic acid groups (broad SMARTS) is 1. The van der Waals surface area contributed by atoms with Crippen molar-refractivity contribution in [2.45, 2.75) is 36.2 Å². The molecule has 0 aliphatic rings. The molecule has 0 saturated carbocycles. The molecular formula is C27H29N3O4S2. The molecule has 3 aromatic carbocycles. The third-order valence-electron chi connectivity index (χ3n) is 5.85. The van der Waals surface area contributed by atoms with Crippen LogP contribution in [0.15, 0.2) is 90.1 Å². The Bertz CT molecular complexity index is 1390. The number of benzene rings is 3. The minimum atomic E-state index is -3.59. The van der Waals surface area contributed by atoms with Crippen molar-refractivity contribution in [2.24, 2.45) is 0 Å². The lowest BCUT2D eigenvalue weighted by Gasteiger charge is -2.19. The summed E-state index contributed by atoms with van der Waals surface area (Å²) in [6, 6.07) is 26.6. The number of aryl methyl sites for hydroxylation is 1. The quantitative estimate of drug-likeness (QED) is 0.191. The second-order valence-electron chi connectivity index (χ2n) is 8.43. The summed E-state index contributed by atoms with van der Waals surface area (Å²) in [5.41, 5.74) is 3.39. The number of imidazole rings is 1. The van der Waals surface area contributed by atoms with Gasteiger partial charge in [-0.05, 0) is 42.5 Å². The zero-order chi connectivity index (χ0) is 25.4. The number of hydrogen-bond donors (Lipinski definition) is 2. The molecule has 0 bridgehead atoms. The molecule has 4 aromatic rings. The Hall–Kier alpha value is -3.14. The van der Waals surface area contributed by atoms with Gasteiger partial charge in [0.05, 0.1) is 11.0 Å². The number of nitrogens with one attached hydrogen (secondary N) is 1. The lowest BCUT2D eigenvalue weighted by atomic mass is 10.0. The molecule has 2 N–H and O–H groups in total. The van der Waals surface area contributed by atoms with Crippen molar-refractivity contribution in [1.29, 1.82) is 0 Å². The molecule has 1 aromatic heterocycles. The van der Waals surface area contributed by atoms with Gasteiger partial charge in [-0.3, -0.25) is 4.79 Å². The van der Waals surface area contributed by atoms with E-state index in [9.17, 15) is 18.3 Å². The highest BCUT2D eigenvalue weighted by Gasteiger charge is 2.26. The maximum atomic E-state index is 13.3. The van der Waals surface area contributed by atoms with Crippen molar-refractivity contribution in [3.63, 3.8) is 0 Å². The van der Waals surface area contributed by atoms with Gasteiger partial charge in [-0.1, -0.05) is 84.6 Å². The van der Waals surface area contributed by atoms with Crippen molar-refractivity contribution >= 4 is 38.8 Å². The van der Waals surface area contributed by atoms with Crippen LogP contribution in [0.3, 0.4) is 0 Å². The molecule has 7 nitrogen and oxygen atoms in total. The zero-order valence-corrected chi connectivity index (χ0v) is 21.4. The van der Waals surface area contributed by atoms with Crippen LogP contribution in [0.4, 0.5) is 0 Å². The first-order chi connectivity index (χ1) is 17.4. The van der Waals surface area contributed by atoms with E-state index in [0.29, 0.717) is 36.7 Å². The number of aromatic nitrogens is 2. The molecule has 188 valence electrons. The van der Waals surface area contributed by atoms with Gasteiger partial charge in [0.1, 0.15) is 11.8 Å². The standard InChI is InChI=1S/C27H29N3O4S2/c31-26(32)20-30-24-15-8-7-14-23(24)29-27(30)35-19-9-18-28-36(33,34)25(22-12-5-2-6-13-22)17-16-21-10-3-1-4-11-21/h1-8,10-15,25,28H,9,16-20H2,(H,31,32). The fraction of sp³-hybridized carbons (Fsp3) is 0.259. The van der Waals surface area contributed by atoms with E-state index in [-0.39, 0.29) is 6.54 Å². The maximum Gasteiger partial charge on any atom is 0.323 e. The van der Waals surface area contributed by atoms with Crippen LogP contribution in [0.1, 0.15) is 29.2 Å². The third-order valence-corrected chi connectivity index (χ3v) is 8.78. The normalized spacial score (nSPS) is 12.6. The van der Waals surface area contributed by atoms with Crippen LogP contribution in [0.25, 0.3) is 11.0 Å². The van der Waals surface area contributed by atoms with Gasteiger partial charge in [0.15, 0.2) is 5.16 Å². The van der Waals surface area contributed by atoms with Gasteiger partial charge in [-0.15, -0.1) is 0 Å². The Labute approximate surface area is 215 Å². The van der Waals surface area contributed by atoms with Crippen LogP contribution >= 0.6 is 11.8 Å². The fourth-order valence-corrected chi connectivity index (χ4v) is 6.64.